The molecular formula is C13H19FN2O2S. The number of anilines is 1. The number of sulfonamides is 1. The monoisotopic (exact) mass is 286 g/mol. The summed E-state index contributed by atoms with van der Waals surface area (Å²) in [6.45, 7) is 1.94. The number of halogens is 1. The maximum absolute atomic E-state index is 13.6. The van der Waals surface area contributed by atoms with Crippen molar-refractivity contribution in [2.75, 3.05) is 19.3 Å². The van der Waals surface area contributed by atoms with E-state index in [1.54, 1.807) is 0 Å². The molecule has 0 aliphatic heterocycles. The van der Waals surface area contributed by atoms with Gasteiger partial charge in [0, 0.05) is 24.8 Å². The summed E-state index contributed by atoms with van der Waals surface area (Å²) < 4.78 is 39.8. The van der Waals surface area contributed by atoms with E-state index >= 15 is 0 Å². The molecule has 1 aliphatic carbocycles. The Balaban J connectivity index is 2.32. The first-order chi connectivity index (χ1) is 8.82. The zero-order chi connectivity index (χ0) is 14.2. The van der Waals surface area contributed by atoms with Gasteiger partial charge >= 0.3 is 0 Å². The highest BCUT2D eigenvalue weighted by Gasteiger charge is 2.28. The van der Waals surface area contributed by atoms with E-state index in [0.717, 1.165) is 25.3 Å². The van der Waals surface area contributed by atoms with Gasteiger partial charge in [0.15, 0.2) is 0 Å². The van der Waals surface area contributed by atoms with Crippen molar-refractivity contribution in [1.82, 2.24) is 4.31 Å². The Kier molecular flexibility index (Phi) is 3.82. The molecule has 106 valence electrons. The SMILES string of the molecule is Cc1c(F)cc(N)cc1S(=O)(=O)N(C)CC1CCC1. The third-order valence-electron chi connectivity index (χ3n) is 3.75. The second-order valence-electron chi connectivity index (χ2n) is 5.21. The summed E-state index contributed by atoms with van der Waals surface area (Å²) in [5.74, 6) is -0.165. The molecule has 0 spiro atoms. The number of nitrogens with zero attached hydrogens (tertiary/aromatic N) is 1. The van der Waals surface area contributed by atoms with E-state index < -0.39 is 15.8 Å². The van der Waals surface area contributed by atoms with E-state index in [4.69, 9.17) is 5.73 Å². The standard InChI is InChI=1S/C13H19FN2O2S/c1-9-12(14)6-11(15)7-13(9)19(17,18)16(2)8-10-4-3-5-10/h6-7,10H,3-5,8,15H2,1-2H3. The van der Waals surface area contributed by atoms with Gasteiger partial charge in [0.1, 0.15) is 5.82 Å². The largest absolute Gasteiger partial charge is 0.399 e. The second kappa shape index (κ2) is 5.09. The lowest BCUT2D eigenvalue weighted by atomic mass is 9.86. The fourth-order valence-electron chi connectivity index (χ4n) is 2.25. The van der Waals surface area contributed by atoms with Crippen LogP contribution in [0.25, 0.3) is 0 Å². The fraction of sp³-hybridized carbons (Fsp3) is 0.538. The highest BCUT2D eigenvalue weighted by molar-refractivity contribution is 7.89. The van der Waals surface area contributed by atoms with Crippen LogP contribution in [-0.2, 0) is 10.0 Å². The first-order valence-electron chi connectivity index (χ1n) is 6.34. The van der Waals surface area contributed by atoms with Crippen molar-refractivity contribution in [3.63, 3.8) is 0 Å². The molecule has 0 unspecified atom stereocenters. The van der Waals surface area contributed by atoms with Crippen LogP contribution in [0.3, 0.4) is 0 Å². The second-order valence-corrected chi connectivity index (χ2v) is 7.22. The van der Waals surface area contributed by atoms with Gasteiger partial charge in [-0.1, -0.05) is 6.42 Å². The Bertz CT molecular complexity index is 583. The Hall–Kier alpha value is -1.14. The fourth-order valence-corrected chi connectivity index (χ4v) is 3.76. The van der Waals surface area contributed by atoms with Gasteiger partial charge in [0.05, 0.1) is 4.90 Å². The molecule has 1 aromatic rings. The summed E-state index contributed by atoms with van der Waals surface area (Å²) in [5.41, 5.74) is 5.78. The topological polar surface area (TPSA) is 63.4 Å². The lowest BCUT2D eigenvalue weighted by Gasteiger charge is -2.30. The molecule has 1 fully saturated rings. The number of benzene rings is 1. The molecule has 1 aliphatic rings. The minimum Gasteiger partial charge on any atom is -0.399 e. The average Bonchev–Trinajstić information content (AvgIpc) is 2.27. The molecule has 0 atom stereocenters. The third kappa shape index (κ3) is 2.74. The van der Waals surface area contributed by atoms with Crippen molar-refractivity contribution in [3.05, 3.63) is 23.5 Å². The van der Waals surface area contributed by atoms with Gasteiger partial charge in [-0.2, -0.15) is 0 Å². The average molecular weight is 286 g/mol. The molecule has 0 heterocycles. The summed E-state index contributed by atoms with van der Waals surface area (Å²) in [5, 5.41) is 0. The van der Waals surface area contributed by atoms with Crippen LogP contribution in [0.15, 0.2) is 17.0 Å². The number of nitrogens with two attached hydrogens (primary N) is 1. The third-order valence-corrected chi connectivity index (χ3v) is 5.70. The number of nitrogen functional groups attached to an aromatic ring is 1. The molecule has 0 bridgehead atoms. The van der Waals surface area contributed by atoms with E-state index in [1.807, 2.05) is 0 Å². The summed E-state index contributed by atoms with van der Waals surface area (Å²) >= 11 is 0. The van der Waals surface area contributed by atoms with E-state index in [2.05, 4.69) is 0 Å². The minimum absolute atomic E-state index is 0.0353. The van der Waals surface area contributed by atoms with Crippen molar-refractivity contribution in [1.29, 1.82) is 0 Å². The maximum atomic E-state index is 13.6. The van der Waals surface area contributed by atoms with Crippen LogP contribution in [-0.4, -0.2) is 26.3 Å². The Morgan fingerprint density at radius 2 is 2.05 bits per heavy atom. The van der Waals surface area contributed by atoms with Crippen LogP contribution < -0.4 is 5.73 Å². The number of hydrogen-bond donors (Lipinski definition) is 1. The Morgan fingerprint density at radius 3 is 2.58 bits per heavy atom. The van der Waals surface area contributed by atoms with Gasteiger partial charge in [0.25, 0.3) is 0 Å². The number of rotatable bonds is 4. The van der Waals surface area contributed by atoms with Gasteiger partial charge in [-0.15, -0.1) is 0 Å². The van der Waals surface area contributed by atoms with Crippen molar-refractivity contribution in [2.24, 2.45) is 5.92 Å². The van der Waals surface area contributed by atoms with Gasteiger partial charge < -0.3 is 5.73 Å². The molecule has 1 saturated carbocycles. The quantitative estimate of drug-likeness (QED) is 0.862. The molecular weight excluding hydrogens is 267 g/mol. The molecule has 0 saturated heterocycles. The highest BCUT2D eigenvalue weighted by atomic mass is 32.2. The molecule has 1 aromatic carbocycles. The summed E-state index contributed by atoms with van der Waals surface area (Å²) in [6, 6.07) is 2.46. The Labute approximate surface area is 113 Å². The van der Waals surface area contributed by atoms with Crippen molar-refractivity contribution < 1.29 is 12.8 Å². The van der Waals surface area contributed by atoms with Crippen LogP contribution in [0.1, 0.15) is 24.8 Å². The van der Waals surface area contributed by atoms with Crippen LogP contribution >= 0.6 is 0 Å². The first kappa shape index (κ1) is 14.3. The summed E-state index contributed by atoms with van der Waals surface area (Å²) in [4.78, 5) is -0.0353. The smallest absolute Gasteiger partial charge is 0.243 e. The lowest BCUT2D eigenvalue weighted by Crippen LogP contribution is -2.34. The van der Waals surface area contributed by atoms with Crippen LogP contribution in [0.4, 0.5) is 10.1 Å². The normalized spacial score (nSPS) is 16.6. The zero-order valence-electron chi connectivity index (χ0n) is 11.2. The van der Waals surface area contributed by atoms with E-state index in [9.17, 15) is 12.8 Å². The molecule has 0 radical (unpaired) electrons. The van der Waals surface area contributed by atoms with Gasteiger partial charge in [-0.05, 0) is 37.8 Å². The van der Waals surface area contributed by atoms with E-state index in [-0.39, 0.29) is 16.1 Å². The first-order valence-corrected chi connectivity index (χ1v) is 7.78. The molecule has 6 heteroatoms. The lowest BCUT2D eigenvalue weighted by molar-refractivity contribution is 0.263. The summed E-state index contributed by atoms with van der Waals surface area (Å²) in [7, 11) is -2.14. The molecule has 2 N–H and O–H groups in total. The van der Waals surface area contributed by atoms with Crippen molar-refractivity contribution >= 4 is 15.7 Å². The van der Waals surface area contributed by atoms with Gasteiger partial charge in [-0.25, -0.2) is 17.1 Å². The molecule has 0 aromatic heterocycles. The maximum Gasteiger partial charge on any atom is 0.243 e. The summed E-state index contributed by atoms with van der Waals surface area (Å²) in [6.07, 6.45) is 3.28. The van der Waals surface area contributed by atoms with Crippen molar-refractivity contribution in [2.45, 2.75) is 31.1 Å². The highest BCUT2D eigenvalue weighted by Crippen LogP contribution is 2.30. The molecule has 19 heavy (non-hydrogen) atoms. The number of hydrogen-bond acceptors (Lipinski definition) is 3. The van der Waals surface area contributed by atoms with Crippen molar-refractivity contribution in [3.8, 4) is 0 Å². The van der Waals surface area contributed by atoms with Gasteiger partial charge in [-0.3, -0.25) is 0 Å². The molecule has 0 amide bonds. The zero-order valence-corrected chi connectivity index (χ0v) is 12.0. The predicted molar refractivity (Wildman–Crippen MR) is 72.7 cm³/mol. The van der Waals surface area contributed by atoms with E-state index in [0.29, 0.717) is 12.5 Å². The Morgan fingerprint density at radius 1 is 1.42 bits per heavy atom. The molecule has 4 nitrogen and oxygen atoms in total. The van der Waals surface area contributed by atoms with Gasteiger partial charge in [0.2, 0.25) is 10.0 Å². The van der Waals surface area contributed by atoms with Crippen LogP contribution in [0.2, 0.25) is 0 Å². The van der Waals surface area contributed by atoms with E-state index in [1.165, 1.54) is 24.3 Å². The predicted octanol–water partition coefficient (Wildman–Crippen LogP) is 2.14. The van der Waals surface area contributed by atoms with Crippen LogP contribution in [0.5, 0.6) is 0 Å². The minimum atomic E-state index is -3.67. The molecule has 2 rings (SSSR count). The van der Waals surface area contributed by atoms with Crippen LogP contribution in [0, 0.1) is 18.7 Å².